The predicted octanol–water partition coefficient (Wildman–Crippen LogP) is -0.623. The van der Waals surface area contributed by atoms with E-state index in [1.807, 2.05) is 0 Å². The van der Waals surface area contributed by atoms with Crippen LogP contribution in [0.25, 0.3) is 0 Å². The Bertz CT molecular complexity index is 358. The summed E-state index contributed by atoms with van der Waals surface area (Å²) in [6.45, 7) is 0.275. The molecule has 1 unspecified atom stereocenters. The van der Waals surface area contributed by atoms with Crippen LogP contribution in [0.15, 0.2) is 20.7 Å². The molecule has 0 aromatic carbocycles. The van der Waals surface area contributed by atoms with E-state index in [0.717, 1.165) is 0 Å². The average Bonchev–Trinajstić information content (AvgIpc) is 2.36. The molecule has 68 valence electrons. The number of Topliss-reactive ketones (excluding diaryl/α,β-unsaturated/α-hetero) is 1. The molecule has 13 heavy (non-hydrogen) atoms. The maximum absolute atomic E-state index is 11.3. The molecular weight excluding hydrogens is 192 g/mol. The highest BCUT2D eigenvalue weighted by Gasteiger charge is 2.30. The van der Waals surface area contributed by atoms with Gasteiger partial charge in [0.1, 0.15) is 5.16 Å². The molecule has 0 radical (unpaired) electrons. The molecule has 6 heteroatoms. The van der Waals surface area contributed by atoms with Gasteiger partial charge in [0.2, 0.25) is 5.96 Å². The lowest BCUT2D eigenvalue weighted by atomic mass is 10.1. The molecule has 0 saturated carbocycles. The van der Waals surface area contributed by atoms with Gasteiger partial charge < -0.3 is 5.73 Å². The third kappa shape index (κ3) is 1.36. The molecule has 0 amide bonds. The fourth-order valence-electron chi connectivity index (χ4n) is 1.28. The van der Waals surface area contributed by atoms with E-state index in [2.05, 4.69) is 15.3 Å². The first kappa shape index (κ1) is 8.40. The monoisotopic (exact) mass is 198 g/mol. The minimum absolute atomic E-state index is 0.0556. The van der Waals surface area contributed by atoms with E-state index < -0.39 is 0 Å². The SMILES string of the molecule is NC1=NC(Cl)=C2C(=O)CNC2C=N1. The number of guanidine groups is 1. The Morgan fingerprint density at radius 3 is 3.23 bits per heavy atom. The van der Waals surface area contributed by atoms with Crippen molar-refractivity contribution in [3.8, 4) is 0 Å². The Labute approximate surface area is 79.4 Å². The number of aliphatic imine (C=N–C) groups is 2. The first-order valence-electron chi connectivity index (χ1n) is 3.73. The lowest BCUT2D eigenvalue weighted by molar-refractivity contribution is -0.113. The third-order valence-electron chi connectivity index (χ3n) is 1.88. The van der Waals surface area contributed by atoms with Crippen LogP contribution < -0.4 is 11.1 Å². The summed E-state index contributed by atoms with van der Waals surface area (Å²) < 4.78 is 0. The van der Waals surface area contributed by atoms with Crippen LogP contribution in [-0.2, 0) is 4.79 Å². The van der Waals surface area contributed by atoms with Gasteiger partial charge in [0.15, 0.2) is 5.78 Å². The third-order valence-corrected chi connectivity index (χ3v) is 2.17. The molecule has 0 aromatic heterocycles. The topological polar surface area (TPSA) is 79.8 Å². The number of fused-ring (bicyclic) bond motifs is 1. The maximum Gasteiger partial charge on any atom is 0.221 e. The standard InChI is InChI=1S/C7H7ClN4O/c8-6-5-3(10-2-4(5)13)1-11-7(9)12-6/h1,3,10H,2H2,(H2,9,12). The van der Waals surface area contributed by atoms with Crippen molar-refractivity contribution in [2.24, 2.45) is 15.7 Å². The number of carbonyl (C=O) groups excluding carboxylic acids is 1. The first-order valence-corrected chi connectivity index (χ1v) is 4.11. The summed E-state index contributed by atoms with van der Waals surface area (Å²) in [5, 5.41) is 3.06. The quantitative estimate of drug-likeness (QED) is 0.509. The van der Waals surface area contributed by atoms with E-state index >= 15 is 0 Å². The molecular formula is C7H7ClN4O. The summed E-state index contributed by atoms with van der Waals surface area (Å²) in [6, 6.07) is -0.246. The molecule has 0 aliphatic carbocycles. The number of ketones is 1. The molecule has 2 aliphatic rings. The lowest BCUT2D eigenvalue weighted by Gasteiger charge is -2.01. The van der Waals surface area contributed by atoms with Crippen molar-refractivity contribution in [3.63, 3.8) is 0 Å². The highest BCUT2D eigenvalue weighted by Crippen LogP contribution is 2.20. The largest absolute Gasteiger partial charge is 0.368 e. The summed E-state index contributed by atoms with van der Waals surface area (Å²) in [7, 11) is 0. The van der Waals surface area contributed by atoms with Crippen LogP contribution in [0.5, 0.6) is 0 Å². The van der Waals surface area contributed by atoms with Gasteiger partial charge in [-0.2, -0.15) is 0 Å². The van der Waals surface area contributed by atoms with Crippen LogP contribution >= 0.6 is 11.6 Å². The molecule has 2 heterocycles. The highest BCUT2D eigenvalue weighted by atomic mass is 35.5. The fraction of sp³-hybridized carbons (Fsp3) is 0.286. The van der Waals surface area contributed by atoms with Gasteiger partial charge in [-0.15, -0.1) is 0 Å². The maximum atomic E-state index is 11.3. The number of nitrogens with two attached hydrogens (primary N) is 1. The summed E-state index contributed by atoms with van der Waals surface area (Å²) in [5.41, 5.74) is 5.82. The van der Waals surface area contributed by atoms with Gasteiger partial charge in [-0.05, 0) is 0 Å². The van der Waals surface area contributed by atoms with Crippen molar-refractivity contribution in [3.05, 3.63) is 10.7 Å². The number of nitrogens with zero attached hydrogens (tertiary/aromatic N) is 2. The minimum atomic E-state index is -0.246. The fourth-order valence-corrected chi connectivity index (χ4v) is 1.59. The van der Waals surface area contributed by atoms with Crippen molar-refractivity contribution >= 4 is 29.6 Å². The zero-order valence-corrected chi connectivity index (χ0v) is 7.38. The van der Waals surface area contributed by atoms with E-state index in [1.54, 1.807) is 0 Å². The number of hydrogen-bond donors (Lipinski definition) is 2. The van der Waals surface area contributed by atoms with E-state index in [1.165, 1.54) is 6.21 Å². The Morgan fingerprint density at radius 1 is 1.69 bits per heavy atom. The number of hydrogen-bond acceptors (Lipinski definition) is 5. The van der Waals surface area contributed by atoms with Crippen LogP contribution in [-0.4, -0.2) is 30.5 Å². The van der Waals surface area contributed by atoms with Gasteiger partial charge in [-0.1, -0.05) is 11.6 Å². The molecule has 1 saturated heterocycles. The van der Waals surface area contributed by atoms with E-state index in [9.17, 15) is 4.79 Å². The molecule has 0 spiro atoms. The molecule has 0 aromatic rings. The van der Waals surface area contributed by atoms with E-state index in [4.69, 9.17) is 17.3 Å². The molecule has 0 bridgehead atoms. The number of nitrogens with one attached hydrogen (secondary N) is 1. The van der Waals surface area contributed by atoms with Crippen LogP contribution in [0, 0.1) is 0 Å². The zero-order chi connectivity index (χ0) is 9.42. The Balaban J connectivity index is 2.51. The smallest absolute Gasteiger partial charge is 0.221 e. The molecule has 1 atom stereocenters. The van der Waals surface area contributed by atoms with Gasteiger partial charge in [-0.3, -0.25) is 10.1 Å². The second-order valence-electron chi connectivity index (χ2n) is 2.73. The number of halogens is 1. The van der Waals surface area contributed by atoms with Crippen LogP contribution in [0.2, 0.25) is 0 Å². The molecule has 2 rings (SSSR count). The molecule has 2 aliphatic heterocycles. The van der Waals surface area contributed by atoms with Gasteiger partial charge in [0.25, 0.3) is 0 Å². The van der Waals surface area contributed by atoms with Crippen LogP contribution in [0.3, 0.4) is 0 Å². The number of rotatable bonds is 0. The first-order chi connectivity index (χ1) is 6.18. The zero-order valence-electron chi connectivity index (χ0n) is 6.62. The van der Waals surface area contributed by atoms with Crippen LogP contribution in [0.1, 0.15) is 0 Å². The van der Waals surface area contributed by atoms with Gasteiger partial charge in [0.05, 0.1) is 18.2 Å². The average molecular weight is 199 g/mol. The molecule has 5 nitrogen and oxygen atoms in total. The second kappa shape index (κ2) is 2.93. The Hall–Kier alpha value is -1.20. The summed E-state index contributed by atoms with van der Waals surface area (Å²) >= 11 is 5.78. The van der Waals surface area contributed by atoms with Gasteiger partial charge in [0, 0.05) is 6.21 Å². The summed E-state index contributed by atoms with van der Waals surface area (Å²) in [6.07, 6.45) is 1.54. The van der Waals surface area contributed by atoms with Crippen molar-refractivity contribution in [2.75, 3.05) is 6.54 Å². The van der Waals surface area contributed by atoms with Gasteiger partial charge in [-0.25, -0.2) is 9.98 Å². The second-order valence-corrected chi connectivity index (χ2v) is 3.09. The van der Waals surface area contributed by atoms with Crippen molar-refractivity contribution in [1.29, 1.82) is 0 Å². The minimum Gasteiger partial charge on any atom is -0.368 e. The van der Waals surface area contributed by atoms with Crippen LogP contribution in [0.4, 0.5) is 0 Å². The van der Waals surface area contributed by atoms with E-state index in [0.29, 0.717) is 5.57 Å². The predicted molar refractivity (Wildman–Crippen MR) is 49.8 cm³/mol. The summed E-state index contributed by atoms with van der Waals surface area (Å²) in [5.74, 6) is 0.0152. The highest BCUT2D eigenvalue weighted by molar-refractivity contribution is 6.33. The Kier molecular flexibility index (Phi) is 1.90. The van der Waals surface area contributed by atoms with Crippen molar-refractivity contribution in [1.82, 2.24) is 5.32 Å². The number of carbonyl (C=O) groups is 1. The van der Waals surface area contributed by atoms with Crippen molar-refractivity contribution in [2.45, 2.75) is 6.04 Å². The van der Waals surface area contributed by atoms with E-state index in [-0.39, 0.29) is 29.5 Å². The lowest BCUT2D eigenvalue weighted by Crippen LogP contribution is -2.24. The molecule has 1 fully saturated rings. The van der Waals surface area contributed by atoms with Gasteiger partial charge >= 0.3 is 0 Å². The molecule has 3 N–H and O–H groups in total. The summed E-state index contributed by atoms with van der Waals surface area (Å²) in [4.78, 5) is 18.9. The normalized spacial score (nSPS) is 27.3. The van der Waals surface area contributed by atoms with Crippen molar-refractivity contribution < 1.29 is 4.79 Å². The Morgan fingerprint density at radius 2 is 2.46 bits per heavy atom.